The van der Waals surface area contributed by atoms with Crippen molar-refractivity contribution in [3.05, 3.63) is 58.1 Å². The van der Waals surface area contributed by atoms with E-state index < -0.39 is 11.5 Å². The van der Waals surface area contributed by atoms with Gasteiger partial charge in [0.15, 0.2) is 5.82 Å². The maximum absolute atomic E-state index is 15.1. The van der Waals surface area contributed by atoms with E-state index in [1.54, 1.807) is 18.2 Å². The number of anilines is 2. The lowest BCUT2D eigenvalue weighted by atomic mass is 9.94. The minimum absolute atomic E-state index is 0.123. The molecule has 26 heavy (non-hydrogen) atoms. The average molecular weight is 395 g/mol. The van der Waals surface area contributed by atoms with Crippen LogP contribution in [-0.2, 0) is 5.67 Å². The van der Waals surface area contributed by atoms with Crippen LogP contribution in [0.4, 0.5) is 20.3 Å². The van der Waals surface area contributed by atoms with E-state index in [0.717, 1.165) is 0 Å². The van der Waals surface area contributed by atoms with E-state index in [1.165, 1.54) is 18.5 Å². The predicted molar refractivity (Wildman–Crippen MR) is 99.5 cm³/mol. The van der Waals surface area contributed by atoms with Crippen LogP contribution >= 0.6 is 23.2 Å². The minimum atomic E-state index is -1.43. The molecule has 134 valence electrons. The highest BCUT2D eigenvalue weighted by Crippen LogP contribution is 2.36. The quantitative estimate of drug-likeness (QED) is 0.615. The van der Waals surface area contributed by atoms with Crippen LogP contribution in [0.3, 0.4) is 0 Å². The average Bonchev–Trinajstić information content (AvgIpc) is 3.10. The van der Waals surface area contributed by atoms with Crippen molar-refractivity contribution in [2.24, 2.45) is 0 Å². The number of alkyl halides is 1. The molecule has 0 unspecified atom stereocenters. The van der Waals surface area contributed by atoms with Crippen molar-refractivity contribution in [1.29, 1.82) is 0 Å². The van der Waals surface area contributed by atoms with Crippen molar-refractivity contribution in [3.8, 4) is 0 Å². The van der Waals surface area contributed by atoms with Gasteiger partial charge in [0, 0.05) is 11.9 Å². The Bertz CT molecular complexity index is 990. The normalized spacial score (nSPS) is 19.8. The zero-order chi connectivity index (χ0) is 18.3. The van der Waals surface area contributed by atoms with Gasteiger partial charge in [-0.2, -0.15) is 0 Å². The molecule has 4 rings (SSSR count). The van der Waals surface area contributed by atoms with Gasteiger partial charge in [0.1, 0.15) is 17.8 Å². The SMILES string of the molecule is Fc1c(Nc2ncnc3ccc([C@]4(F)CCNC4)cc23)ccc(Cl)c1Cl. The highest BCUT2D eigenvalue weighted by atomic mass is 35.5. The zero-order valence-corrected chi connectivity index (χ0v) is 15.0. The van der Waals surface area contributed by atoms with Crippen LogP contribution in [0, 0.1) is 5.82 Å². The molecule has 1 aliphatic heterocycles. The van der Waals surface area contributed by atoms with Crippen molar-refractivity contribution in [3.63, 3.8) is 0 Å². The third kappa shape index (κ3) is 2.98. The van der Waals surface area contributed by atoms with Gasteiger partial charge in [0.05, 0.1) is 21.2 Å². The smallest absolute Gasteiger partial charge is 0.166 e. The van der Waals surface area contributed by atoms with Gasteiger partial charge in [0.25, 0.3) is 0 Å². The number of hydrogen-bond donors (Lipinski definition) is 2. The third-order valence-electron chi connectivity index (χ3n) is 4.54. The number of rotatable bonds is 3. The summed E-state index contributed by atoms with van der Waals surface area (Å²) in [6, 6.07) is 8.14. The molecule has 2 N–H and O–H groups in total. The number of halogens is 4. The molecule has 4 nitrogen and oxygen atoms in total. The van der Waals surface area contributed by atoms with E-state index >= 15 is 4.39 Å². The van der Waals surface area contributed by atoms with E-state index in [9.17, 15) is 4.39 Å². The first-order valence-corrected chi connectivity index (χ1v) is 8.79. The summed E-state index contributed by atoms with van der Waals surface area (Å²) in [4.78, 5) is 8.38. The third-order valence-corrected chi connectivity index (χ3v) is 5.33. The Kier molecular flexibility index (Phi) is 4.42. The van der Waals surface area contributed by atoms with Gasteiger partial charge in [-0.1, -0.05) is 29.3 Å². The zero-order valence-electron chi connectivity index (χ0n) is 13.5. The summed E-state index contributed by atoms with van der Waals surface area (Å²) in [6.07, 6.45) is 1.76. The molecule has 2 heterocycles. The molecule has 0 bridgehead atoms. The summed E-state index contributed by atoms with van der Waals surface area (Å²) >= 11 is 11.7. The molecule has 1 saturated heterocycles. The molecule has 2 aromatic carbocycles. The summed E-state index contributed by atoms with van der Waals surface area (Å²) in [5.41, 5.74) is -0.137. The van der Waals surface area contributed by atoms with Gasteiger partial charge in [-0.25, -0.2) is 18.7 Å². The van der Waals surface area contributed by atoms with Crippen LogP contribution in [0.1, 0.15) is 12.0 Å². The van der Waals surface area contributed by atoms with Crippen LogP contribution < -0.4 is 10.6 Å². The summed E-state index contributed by atoms with van der Waals surface area (Å²) in [7, 11) is 0. The first kappa shape index (κ1) is 17.4. The Morgan fingerprint density at radius 1 is 1.15 bits per heavy atom. The maximum Gasteiger partial charge on any atom is 0.166 e. The Morgan fingerprint density at radius 3 is 2.77 bits per heavy atom. The van der Waals surface area contributed by atoms with Crippen molar-refractivity contribution in [2.45, 2.75) is 12.1 Å². The fourth-order valence-corrected chi connectivity index (χ4v) is 3.40. The van der Waals surface area contributed by atoms with Crippen LogP contribution in [0.15, 0.2) is 36.7 Å². The molecule has 0 saturated carbocycles. The van der Waals surface area contributed by atoms with E-state index in [1.807, 2.05) is 0 Å². The second-order valence-electron chi connectivity index (χ2n) is 6.19. The van der Waals surface area contributed by atoms with Crippen molar-refractivity contribution >= 4 is 45.6 Å². The molecule has 1 fully saturated rings. The standard InChI is InChI=1S/C18H14Cl2F2N4/c19-12-2-4-14(16(21)15(12)20)26-17-11-7-10(18(22)5-6-23-8-18)1-3-13(11)24-9-25-17/h1-4,7,9,23H,5-6,8H2,(H,24,25,26)/t18-/m0/s1. The summed E-state index contributed by atoms with van der Waals surface area (Å²) < 4.78 is 29.4. The van der Waals surface area contributed by atoms with Gasteiger partial charge in [0.2, 0.25) is 0 Å². The number of nitrogens with zero attached hydrogens (tertiary/aromatic N) is 2. The number of benzene rings is 2. The van der Waals surface area contributed by atoms with E-state index in [0.29, 0.717) is 35.2 Å². The van der Waals surface area contributed by atoms with Crippen molar-refractivity contribution in [1.82, 2.24) is 15.3 Å². The molecule has 8 heteroatoms. The molecule has 1 aromatic heterocycles. The number of fused-ring (bicyclic) bond motifs is 1. The molecule has 0 amide bonds. The molecule has 3 aromatic rings. The lowest BCUT2D eigenvalue weighted by molar-refractivity contribution is 0.193. The Morgan fingerprint density at radius 2 is 2.00 bits per heavy atom. The van der Waals surface area contributed by atoms with Crippen LogP contribution in [-0.4, -0.2) is 23.1 Å². The summed E-state index contributed by atoms with van der Waals surface area (Å²) in [5.74, 6) is -0.312. The number of aromatic nitrogens is 2. The van der Waals surface area contributed by atoms with E-state index in [-0.39, 0.29) is 22.3 Å². The molecule has 1 atom stereocenters. The molecular formula is C18H14Cl2F2N4. The van der Waals surface area contributed by atoms with Gasteiger partial charge in [-0.15, -0.1) is 0 Å². The van der Waals surface area contributed by atoms with E-state index in [4.69, 9.17) is 23.2 Å². The topological polar surface area (TPSA) is 49.8 Å². The first-order chi connectivity index (χ1) is 12.5. The second kappa shape index (κ2) is 6.61. The highest BCUT2D eigenvalue weighted by Gasteiger charge is 2.35. The van der Waals surface area contributed by atoms with Gasteiger partial charge in [-0.05, 0) is 42.8 Å². The predicted octanol–water partition coefficient (Wildman–Crippen LogP) is 4.98. The lowest BCUT2D eigenvalue weighted by Crippen LogP contribution is -2.23. The Hall–Kier alpha value is -2.02. The van der Waals surface area contributed by atoms with E-state index in [2.05, 4.69) is 20.6 Å². The lowest BCUT2D eigenvalue weighted by Gasteiger charge is -2.19. The summed E-state index contributed by atoms with van der Waals surface area (Å²) in [5, 5.41) is 6.49. The minimum Gasteiger partial charge on any atom is -0.337 e. The number of nitrogens with one attached hydrogen (secondary N) is 2. The fraction of sp³-hybridized carbons (Fsp3) is 0.222. The first-order valence-electron chi connectivity index (χ1n) is 8.03. The fourth-order valence-electron chi connectivity index (χ4n) is 3.09. The molecule has 0 aliphatic carbocycles. The maximum atomic E-state index is 15.1. The Labute approximate surface area is 158 Å². The highest BCUT2D eigenvalue weighted by molar-refractivity contribution is 6.42. The number of hydrogen-bond acceptors (Lipinski definition) is 4. The largest absolute Gasteiger partial charge is 0.337 e. The Balaban J connectivity index is 1.79. The van der Waals surface area contributed by atoms with Crippen LogP contribution in [0.25, 0.3) is 10.9 Å². The molecule has 1 aliphatic rings. The van der Waals surface area contributed by atoms with Crippen LogP contribution in [0.5, 0.6) is 0 Å². The molecular weight excluding hydrogens is 381 g/mol. The summed E-state index contributed by atoms with van der Waals surface area (Å²) in [6.45, 7) is 0.885. The molecule has 0 spiro atoms. The van der Waals surface area contributed by atoms with Crippen molar-refractivity contribution in [2.75, 3.05) is 18.4 Å². The van der Waals surface area contributed by atoms with Gasteiger partial charge < -0.3 is 10.6 Å². The van der Waals surface area contributed by atoms with Crippen molar-refractivity contribution < 1.29 is 8.78 Å². The van der Waals surface area contributed by atoms with Crippen LogP contribution in [0.2, 0.25) is 10.0 Å². The molecule has 0 radical (unpaired) electrons. The second-order valence-corrected chi connectivity index (χ2v) is 6.98. The van der Waals surface area contributed by atoms with Gasteiger partial charge >= 0.3 is 0 Å². The van der Waals surface area contributed by atoms with Gasteiger partial charge in [-0.3, -0.25) is 0 Å². The monoisotopic (exact) mass is 394 g/mol.